The average Bonchev–Trinajstić information content (AvgIpc) is 2.40. The minimum absolute atomic E-state index is 0.0249. The van der Waals surface area contributed by atoms with E-state index in [4.69, 9.17) is 15.0 Å². The summed E-state index contributed by atoms with van der Waals surface area (Å²) in [6, 6.07) is 0. The second-order valence-corrected chi connectivity index (χ2v) is 10.9. The number of nitrogens with two attached hydrogens (primary N) is 1. The largest absolute Gasteiger partial charge is 0.387 e. The van der Waals surface area contributed by atoms with E-state index < -0.39 is 9.15 Å². The Labute approximate surface area is 141 Å². The molecule has 0 aromatic rings. The number of nitrogens with zero attached hydrogens (tertiary/aromatic N) is 1. The zero-order chi connectivity index (χ0) is 16.7. The van der Waals surface area contributed by atoms with Crippen LogP contribution in [0.25, 0.3) is 0 Å². The molecule has 3 N–H and O–H groups in total. The third-order valence-electron chi connectivity index (χ3n) is 5.34. The fourth-order valence-electron chi connectivity index (χ4n) is 5.07. The van der Waals surface area contributed by atoms with Crippen LogP contribution in [0, 0.1) is 17.8 Å². The van der Waals surface area contributed by atoms with Crippen LogP contribution in [0.1, 0.15) is 45.4 Å². The SMILES string of the molecule is C[C@@H](CN=C(N)CSS(=O)(=O)O)OC12CC3CC(CC(C3)C1)C2. The van der Waals surface area contributed by atoms with E-state index >= 15 is 0 Å². The van der Waals surface area contributed by atoms with Crippen LogP contribution in [-0.2, 0) is 13.9 Å². The quantitative estimate of drug-likeness (QED) is 0.312. The van der Waals surface area contributed by atoms with Gasteiger partial charge in [0.1, 0.15) is 5.84 Å². The van der Waals surface area contributed by atoms with Crippen molar-refractivity contribution in [3.05, 3.63) is 0 Å². The molecule has 132 valence electrons. The van der Waals surface area contributed by atoms with Gasteiger partial charge in [-0.3, -0.25) is 9.55 Å². The van der Waals surface area contributed by atoms with Gasteiger partial charge in [0, 0.05) is 10.8 Å². The monoisotopic (exact) mass is 362 g/mol. The van der Waals surface area contributed by atoms with Gasteiger partial charge in [-0.1, -0.05) is 0 Å². The molecule has 0 aromatic carbocycles. The molecular weight excluding hydrogens is 336 g/mol. The molecule has 0 radical (unpaired) electrons. The van der Waals surface area contributed by atoms with Gasteiger partial charge in [-0.25, -0.2) is 0 Å². The molecule has 0 spiro atoms. The number of amidine groups is 1. The van der Waals surface area contributed by atoms with E-state index in [9.17, 15) is 8.42 Å². The Kier molecular flexibility index (Phi) is 4.98. The molecule has 0 aliphatic heterocycles. The lowest BCUT2D eigenvalue weighted by molar-refractivity contribution is -0.181. The maximum Gasteiger partial charge on any atom is 0.320 e. The summed E-state index contributed by atoms with van der Waals surface area (Å²) >= 11 is 0. The van der Waals surface area contributed by atoms with Gasteiger partial charge in [0.05, 0.1) is 24.0 Å². The number of hydrogen-bond donors (Lipinski definition) is 2. The highest BCUT2D eigenvalue weighted by atomic mass is 33.1. The van der Waals surface area contributed by atoms with Crippen LogP contribution in [-0.4, -0.2) is 42.8 Å². The van der Waals surface area contributed by atoms with Crippen LogP contribution in [0.5, 0.6) is 0 Å². The predicted molar refractivity (Wildman–Crippen MR) is 91.9 cm³/mol. The number of aliphatic imine (C=N–C) groups is 1. The van der Waals surface area contributed by atoms with Crippen molar-refractivity contribution in [3.8, 4) is 0 Å². The van der Waals surface area contributed by atoms with E-state index in [0.29, 0.717) is 17.3 Å². The minimum Gasteiger partial charge on any atom is -0.387 e. The second kappa shape index (κ2) is 6.54. The normalized spacial score (nSPS) is 38.0. The molecule has 4 fully saturated rings. The van der Waals surface area contributed by atoms with Crippen molar-refractivity contribution in [3.63, 3.8) is 0 Å². The zero-order valence-electron chi connectivity index (χ0n) is 13.5. The summed E-state index contributed by atoms with van der Waals surface area (Å²) in [6.45, 7) is 2.44. The first-order valence-electron chi connectivity index (χ1n) is 8.31. The summed E-state index contributed by atoms with van der Waals surface area (Å²) in [6.07, 6.45) is 7.67. The van der Waals surface area contributed by atoms with Gasteiger partial charge >= 0.3 is 9.15 Å². The molecule has 23 heavy (non-hydrogen) atoms. The van der Waals surface area contributed by atoms with E-state index in [1.54, 1.807) is 0 Å². The number of rotatable bonds is 7. The van der Waals surface area contributed by atoms with Gasteiger partial charge in [-0.2, -0.15) is 8.42 Å². The first-order valence-corrected chi connectivity index (χ1v) is 11.3. The molecular formula is C15H26N2O4S2. The van der Waals surface area contributed by atoms with Gasteiger partial charge < -0.3 is 10.5 Å². The third-order valence-corrected chi connectivity index (χ3v) is 7.30. The van der Waals surface area contributed by atoms with Crippen LogP contribution >= 0.6 is 10.8 Å². The number of hydrogen-bond acceptors (Lipinski definition) is 5. The molecule has 0 unspecified atom stereocenters. The lowest BCUT2D eigenvalue weighted by atomic mass is 9.54. The van der Waals surface area contributed by atoms with E-state index in [1.165, 1.54) is 38.5 Å². The molecule has 6 nitrogen and oxygen atoms in total. The Morgan fingerprint density at radius 2 is 1.83 bits per heavy atom. The molecule has 4 aliphatic carbocycles. The predicted octanol–water partition coefficient (Wildman–Crippen LogP) is 2.25. The maximum absolute atomic E-state index is 10.7. The lowest BCUT2D eigenvalue weighted by Crippen LogP contribution is -2.53. The van der Waals surface area contributed by atoms with Crippen molar-refractivity contribution < 1.29 is 17.7 Å². The Morgan fingerprint density at radius 1 is 1.30 bits per heavy atom. The zero-order valence-corrected chi connectivity index (χ0v) is 15.1. The lowest BCUT2D eigenvalue weighted by Gasteiger charge is -2.56. The Bertz CT molecular complexity index is 541. The number of ether oxygens (including phenoxy) is 1. The van der Waals surface area contributed by atoms with E-state index in [1.807, 2.05) is 6.92 Å². The first-order chi connectivity index (χ1) is 10.7. The van der Waals surface area contributed by atoms with Crippen molar-refractivity contribution in [1.29, 1.82) is 0 Å². The first kappa shape index (κ1) is 17.5. The van der Waals surface area contributed by atoms with Gasteiger partial charge in [0.25, 0.3) is 0 Å². The topological polar surface area (TPSA) is 102 Å². The second-order valence-electron chi connectivity index (χ2n) is 7.55. The van der Waals surface area contributed by atoms with Crippen LogP contribution in [0.15, 0.2) is 4.99 Å². The minimum atomic E-state index is -4.07. The third kappa shape index (κ3) is 4.61. The van der Waals surface area contributed by atoms with E-state index in [-0.39, 0.29) is 23.3 Å². The summed E-state index contributed by atoms with van der Waals surface area (Å²) in [7, 11) is -3.69. The molecule has 0 heterocycles. The summed E-state index contributed by atoms with van der Waals surface area (Å²) in [5.74, 6) is 2.71. The highest BCUT2D eigenvalue weighted by molar-refractivity contribution is 8.70. The Hall–Kier alpha value is -0.310. The van der Waals surface area contributed by atoms with Gasteiger partial charge in [0.2, 0.25) is 0 Å². The van der Waals surface area contributed by atoms with Gasteiger partial charge in [0.15, 0.2) is 0 Å². The molecule has 0 aromatic heterocycles. The van der Waals surface area contributed by atoms with Crippen molar-refractivity contribution >= 4 is 25.8 Å². The van der Waals surface area contributed by atoms with Crippen LogP contribution < -0.4 is 5.73 Å². The molecule has 4 bridgehead atoms. The summed E-state index contributed by atoms with van der Waals surface area (Å²) in [4.78, 5) is 4.20. The molecule has 4 rings (SSSR count). The highest BCUT2D eigenvalue weighted by Gasteiger charge is 2.52. The van der Waals surface area contributed by atoms with Crippen LogP contribution in [0.2, 0.25) is 0 Å². The fraction of sp³-hybridized carbons (Fsp3) is 0.933. The van der Waals surface area contributed by atoms with Crippen molar-refractivity contribution in [2.24, 2.45) is 28.5 Å². The molecule has 4 aliphatic rings. The molecule has 0 amide bonds. The van der Waals surface area contributed by atoms with E-state index in [2.05, 4.69) is 4.99 Å². The molecule has 8 heteroatoms. The standard InChI is InChI=1S/C15H26N2O4S2/c1-10(8-17-14(16)9-22-23(18,19)20)21-15-5-11-2-12(6-15)4-13(3-11)7-15/h10-13H,2-9H2,1H3,(H2,16,17)(H,18,19,20)/t10-,11?,12?,13?,15?/m0/s1. The van der Waals surface area contributed by atoms with Crippen molar-refractivity contribution in [2.45, 2.75) is 57.2 Å². The average molecular weight is 363 g/mol. The van der Waals surface area contributed by atoms with Gasteiger partial charge in [-0.15, -0.1) is 0 Å². The fourth-order valence-corrected chi connectivity index (χ4v) is 6.24. The molecule has 4 saturated carbocycles. The van der Waals surface area contributed by atoms with Crippen molar-refractivity contribution in [1.82, 2.24) is 0 Å². The van der Waals surface area contributed by atoms with Crippen LogP contribution in [0.3, 0.4) is 0 Å². The smallest absolute Gasteiger partial charge is 0.320 e. The summed E-state index contributed by atoms with van der Waals surface area (Å²) in [5.41, 5.74) is 5.73. The van der Waals surface area contributed by atoms with Crippen LogP contribution in [0.4, 0.5) is 0 Å². The van der Waals surface area contributed by atoms with E-state index in [0.717, 1.165) is 17.8 Å². The summed E-state index contributed by atoms with van der Waals surface area (Å²) in [5, 5.41) is 0. The highest BCUT2D eigenvalue weighted by Crippen LogP contribution is 2.57. The summed E-state index contributed by atoms with van der Waals surface area (Å²) < 4.78 is 36.4. The Balaban J connectivity index is 1.50. The van der Waals surface area contributed by atoms with Gasteiger partial charge in [-0.05, 0) is 63.2 Å². The maximum atomic E-state index is 10.7. The van der Waals surface area contributed by atoms with Crippen molar-refractivity contribution in [2.75, 3.05) is 12.3 Å². The molecule has 1 atom stereocenters. The molecule has 0 saturated heterocycles. The Morgan fingerprint density at radius 3 is 2.30 bits per heavy atom.